The van der Waals surface area contributed by atoms with Gasteiger partial charge in [-0.1, -0.05) is 83.4 Å². The van der Waals surface area contributed by atoms with Gasteiger partial charge in [-0.3, -0.25) is 4.79 Å². The second-order valence-corrected chi connectivity index (χ2v) is 12.4. The van der Waals surface area contributed by atoms with Gasteiger partial charge in [0.15, 0.2) is 8.32 Å². The first-order valence-electron chi connectivity index (χ1n) is 11.8. The molecule has 0 rings (SSSR count). The van der Waals surface area contributed by atoms with Crippen LogP contribution in [0.5, 0.6) is 0 Å². The van der Waals surface area contributed by atoms with Crippen molar-refractivity contribution in [2.75, 3.05) is 7.11 Å². The van der Waals surface area contributed by atoms with Crippen molar-refractivity contribution in [1.82, 2.24) is 0 Å². The van der Waals surface area contributed by atoms with Crippen molar-refractivity contribution < 1.29 is 14.0 Å². The first-order chi connectivity index (χ1) is 14.1. The van der Waals surface area contributed by atoms with Gasteiger partial charge in [0.1, 0.15) is 0 Å². The highest BCUT2D eigenvalue weighted by atomic mass is 28.4. The molecule has 0 fully saturated rings. The summed E-state index contributed by atoms with van der Waals surface area (Å²) >= 11 is 0. The topological polar surface area (TPSA) is 35.5 Å². The molecule has 0 heterocycles. The fourth-order valence-corrected chi connectivity index (χ4v) is 6.11. The second kappa shape index (κ2) is 18.9. The van der Waals surface area contributed by atoms with Crippen LogP contribution < -0.4 is 0 Å². The Hall–Kier alpha value is -1.13. The first-order valence-corrected chi connectivity index (χ1v) is 14.3. The highest BCUT2D eigenvalue weighted by Crippen LogP contribution is 2.24. The van der Waals surface area contributed by atoms with E-state index in [0.717, 1.165) is 32.1 Å². The van der Waals surface area contributed by atoms with Gasteiger partial charge in [-0.05, 0) is 50.2 Å². The summed E-state index contributed by atoms with van der Waals surface area (Å²) in [5.74, 6) is -0.0944. The highest BCUT2D eigenvalue weighted by molar-refractivity contribution is 6.73. The molecule has 4 heteroatoms. The van der Waals surface area contributed by atoms with Crippen molar-refractivity contribution in [1.29, 1.82) is 0 Å². The predicted octanol–water partition coefficient (Wildman–Crippen LogP) is 7.75. The lowest BCUT2D eigenvalue weighted by atomic mass is 10.1. The third-order valence-electron chi connectivity index (χ3n) is 5.62. The molecule has 0 spiro atoms. The number of hydrogen-bond acceptors (Lipinski definition) is 3. The molecule has 0 aliphatic heterocycles. The van der Waals surface area contributed by atoms with E-state index in [4.69, 9.17) is 4.43 Å². The minimum absolute atomic E-state index is 0.0944. The van der Waals surface area contributed by atoms with Crippen molar-refractivity contribution in [3.05, 3.63) is 36.5 Å². The fourth-order valence-electron chi connectivity index (χ4n) is 3.38. The van der Waals surface area contributed by atoms with Gasteiger partial charge in [0.05, 0.1) is 13.2 Å². The normalized spacial score (nSPS) is 13.7. The lowest BCUT2D eigenvalue weighted by molar-refractivity contribution is -0.140. The van der Waals surface area contributed by atoms with E-state index in [1.54, 1.807) is 0 Å². The van der Waals surface area contributed by atoms with E-state index in [0.29, 0.717) is 6.42 Å². The second-order valence-electron chi connectivity index (χ2n) is 7.68. The van der Waals surface area contributed by atoms with Crippen LogP contribution in [-0.2, 0) is 14.0 Å². The molecule has 3 nitrogen and oxygen atoms in total. The van der Waals surface area contributed by atoms with Crippen LogP contribution in [0.1, 0.15) is 85.5 Å². The molecule has 0 aromatic carbocycles. The molecule has 0 amide bonds. The maximum Gasteiger partial charge on any atom is 0.305 e. The molecular weight excluding hydrogens is 376 g/mol. The van der Waals surface area contributed by atoms with E-state index in [9.17, 15) is 4.79 Å². The van der Waals surface area contributed by atoms with Crippen LogP contribution in [-0.4, -0.2) is 27.5 Å². The Labute approximate surface area is 181 Å². The van der Waals surface area contributed by atoms with Gasteiger partial charge in [-0.25, -0.2) is 0 Å². The largest absolute Gasteiger partial charge is 0.469 e. The van der Waals surface area contributed by atoms with Crippen LogP contribution in [0.2, 0.25) is 18.1 Å². The lowest BCUT2D eigenvalue weighted by Gasteiger charge is -2.31. The fraction of sp³-hybridized carbons (Fsp3) is 0.720. The Morgan fingerprint density at radius 3 is 2.07 bits per heavy atom. The summed E-state index contributed by atoms with van der Waals surface area (Å²) in [6.45, 7) is 9.02. The van der Waals surface area contributed by atoms with E-state index in [1.807, 2.05) is 0 Å². The van der Waals surface area contributed by atoms with Crippen molar-refractivity contribution >= 4 is 14.3 Å². The molecule has 0 aliphatic carbocycles. The monoisotopic (exact) mass is 422 g/mol. The zero-order chi connectivity index (χ0) is 21.8. The van der Waals surface area contributed by atoms with Crippen LogP contribution in [0, 0.1) is 0 Å². The number of esters is 1. The molecule has 29 heavy (non-hydrogen) atoms. The molecule has 0 aliphatic rings. The summed E-state index contributed by atoms with van der Waals surface area (Å²) in [5, 5.41) is 0. The van der Waals surface area contributed by atoms with E-state index >= 15 is 0 Å². The van der Waals surface area contributed by atoms with Gasteiger partial charge < -0.3 is 9.16 Å². The Morgan fingerprint density at radius 2 is 1.45 bits per heavy atom. The van der Waals surface area contributed by atoms with Gasteiger partial charge in [-0.15, -0.1) is 0 Å². The predicted molar refractivity (Wildman–Crippen MR) is 129 cm³/mol. The Balaban J connectivity index is 4.43. The maximum absolute atomic E-state index is 11.1. The first kappa shape index (κ1) is 27.9. The summed E-state index contributed by atoms with van der Waals surface area (Å²) in [5.41, 5.74) is 0. The van der Waals surface area contributed by atoms with Crippen LogP contribution in [0.4, 0.5) is 0 Å². The Bertz CT molecular complexity index is 470. The molecule has 1 atom stereocenters. The smallest absolute Gasteiger partial charge is 0.305 e. The highest BCUT2D eigenvalue weighted by Gasteiger charge is 2.30. The van der Waals surface area contributed by atoms with Crippen molar-refractivity contribution in [3.63, 3.8) is 0 Å². The molecule has 0 saturated heterocycles. The van der Waals surface area contributed by atoms with Gasteiger partial charge in [0.2, 0.25) is 0 Å². The third-order valence-corrected chi connectivity index (χ3v) is 10.3. The van der Waals surface area contributed by atoms with Gasteiger partial charge in [0, 0.05) is 6.42 Å². The summed E-state index contributed by atoms with van der Waals surface area (Å²) in [6, 6.07) is 3.54. The molecule has 0 radical (unpaired) electrons. The van der Waals surface area contributed by atoms with E-state index < -0.39 is 8.32 Å². The van der Waals surface area contributed by atoms with Crippen LogP contribution in [0.25, 0.3) is 0 Å². The maximum atomic E-state index is 11.1. The molecule has 0 N–H and O–H groups in total. The van der Waals surface area contributed by atoms with Crippen molar-refractivity contribution in [2.24, 2.45) is 0 Å². The number of hydrogen-bond donors (Lipinski definition) is 0. The molecule has 1 unspecified atom stereocenters. The average molecular weight is 423 g/mol. The summed E-state index contributed by atoms with van der Waals surface area (Å²) in [6.07, 6.45) is 22.9. The van der Waals surface area contributed by atoms with Crippen molar-refractivity contribution in [2.45, 2.75) is 110 Å². The summed E-state index contributed by atoms with van der Waals surface area (Å²) in [7, 11) is -0.162. The Kier molecular flexibility index (Phi) is 18.1. The lowest BCUT2D eigenvalue weighted by Crippen LogP contribution is -2.38. The van der Waals surface area contributed by atoms with Gasteiger partial charge in [-0.2, -0.15) is 0 Å². The number of unbranched alkanes of at least 4 members (excludes halogenated alkanes) is 5. The summed E-state index contributed by atoms with van der Waals surface area (Å²) in [4.78, 5) is 11.1. The van der Waals surface area contributed by atoms with Crippen LogP contribution in [0.15, 0.2) is 36.5 Å². The summed E-state index contributed by atoms with van der Waals surface area (Å²) < 4.78 is 11.4. The molecule has 168 valence electrons. The number of methoxy groups -OCH3 is 1. The van der Waals surface area contributed by atoms with E-state index in [-0.39, 0.29) is 12.1 Å². The quantitative estimate of drug-likeness (QED) is 0.0980. The average Bonchev–Trinajstić information content (AvgIpc) is 2.75. The third kappa shape index (κ3) is 14.5. The number of ether oxygens (including phenoxy) is 1. The Morgan fingerprint density at radius 1 is 0.828 bits per heavy atom. The van der Waals surface area contributed by atoms with E-state index in [1.165, 1.54) is 44.5 Å². The van der Waals surface area contributed by atoms with Crippen LogP contribution >= 0.6 is 0 Å². The number of rotatable bonds is 18. The minimum atomic E-state index is -1.62. The van der Waals surface area contributed by atoms with E-state index in [2.05, 4.69) is 68.9 Å². The minimum Gasteiger partial charge on any atom is -0.469 e. The SMILES string of the molecule is CC/C=C\C/C=C/C(/C=C\CCCCCCCC(=O)OC)O[Si](CC)(CC)CC. The number of allylic oxidation sites excluding steroid dienone is 4. The van der Waals surface area contributed by atoms with Gasteiger partial charge in [0.25, 0.3) is 0 Å². The van der Waals surface area contributed by atoms with Crippen molar-refractivity contribution in [3.8, 4) is 0 Å². The standard InChI is InChI=1S/C25H46O3Si/c1-6-10-11-15-18-21-24(28-29(7-2,8-3)9-4)22-19-16-13-12-14-17-20-23-25(26)27-5/h10-11,18-19,21-22,24H,6-9,12-17,20,23H2,1-5H3/b11-10-,21-18+,22-19-. The zero-order valence-electron chi connectivity index (χ0n) is 19.8. The zero-order valence-corrected chi connectivity index (χ0v) is 20.8. The molecule has 0 aromatic heterocycles. The van der Waals surface area contributed by atoms with Gasteiger partial charge >= 0.3 is 5.97 Å². The number of carbonyl (C=O) groups is 1. The molecule has 0 bridgehead atoms. The molecule has 0 saturated carbocycles. The molecular formula is C25H46O3Si. The number of carbonyl (C=O) groups excluding carboxylic acids is 1. The van der Waals surface area contributed by atoms with Crippen LogP contribution in [0.3, 0.4) is 0 Å². The molecule has 0 aromatic rings.